The Labute approximate surface area is 90.6 Å². The number of hydrogen-bond acceptors (Lipinski definition) is 3. The molecular formula is C11H19N3O. The highest BCUT2D eigenvalue weighted by molar-refractivity contribution is 5.00. The van der Waals surface area contributed by atoms with Gasteiger partial charge >= 0.3 is 0 Å². The normalized spacial score (nSPS) is 26.7. The third kappa shape index (κ3) is 2.38. The molecule has 0 spiro atoms. The van der Waals surface area contributed by atoms with E-state index in [9.17, 15) is 0 Å². The van der Waals surface area contributed by atoms with Crippen LogP contribution in [0.25, 0.3) is 0 Å². The number of aromatic nitrogens is 2. The van der Waals surface area contributed by atoms with Gasteiger partial charge in [-0.2, -0.15) is 5.10 Å². The molecule has 2 heterocycles. The molecule has 1 aliphatic heterocycles. The molecule has 0 aromatic carbocycles. The molecule has 0 radical (unpaired) electrons. The largest absolute Gasteiger partial charge is 0.375 e. The van der Waals surface area contributed by atoms with Crippen molar-refractivity contribution in [2.24, 2.45) is 0 Å². The minimum atomic E-state index is 0.109. The summed E-state index contributed by atoms with van der Waals surface area (Å²) in [6, 6.07) is 2.02. The summed E-state index contributed by atoms with van der Waals surface area (Å²) in [6.45, 7) is 9.24. The third-order valence-electron chi connectivity index (χ3n) is 2.97. The molecule has 0 amide bonds. The van der Waals surface area contributed by atoms with E-state index in [2.05, 4.69) is 35.9 Å². The van der Waals surface area contributed by atoms with Crippen molar-refractivity contribution in [3.8, 4) is 0 Å². The fourth-order valence-corrected chi connectivity index (χ4v) is 1.90. The van der Waals surface area contributed by atoms with E-state index in [-0.39, 0.29) is 5.54 Å². The zero-order valence-corrected chi connectivity index (χ0v) is 9.66. The van der Waals surface area contributed by atoms with Crippen molar-refractivity contribution < 1.29 is 4.74 Å². The SMILES string of the molecule is C[C@@H]1CN(Cc2ccn[nH]2)C(C)(C)CO1. The predicted molar refractivity (Wildman–Crippen MR) is 58.5 cm³/mol. The molecule has 0 aliphatic carbocycles. The number of H-pyrrole nitrogens is 1. The molecule has 1 aromatic heterocycles. The van der Waals surface area contributed by atoms with E-state index in [0.29, 0.717) is 6.10 Å². The van der Waals surface area contributed by atoms with Gasteiger partial charge in [-0.1, -0.05) is 0 Å². The predicted octanol–water partition coefficient (Wildman–Crippen LogP) is 1.41. The van der Waals surface area contributed by atoms with E-state index in [1.807, 2.05) is 6.07 Å². The summed E-state index contributed by atoms with van der Waals surface area (Å²) in [5, 5.41) is 6.98. The third-order valence-corrected chi connectivity index (χ3v) is 2.97. The summed E-state index contributed by atoms with van der Waals surface area (Å²) in [7, 11) is 0. The van der Waals surface area contributed by atoms with Crippen LogP contribution in [-0.4, -0.2) is 39.9 Å². The molecule has 0 saturated carbocycles. The summed E-state index contributed by atoms with van der Waals surface area (Å²) in [5.41, 5.74) is 1.27. The fraction of sp³-hybridized carbons (Fsp3) is 0.727. The molecule has 4 heteroatoms. The Hall–Kier alpha value is -0.870. The van der Waals surface area contributed by atoms with Crippen LogP contribution in [0.3, 0.4) is 0 Å². The Balaban J connectivity index is 2.05. The molecule has 15 heavy (non-hydrogen) atoms. The molecule has 2 rings (SSSR count). The van der Waals surface area contributed by atoms with E-state index < -0.39 is 0 Å². The van der Waals surface area contributed by atoms with Gasteiger partial charge < -0.3 is 4.74 Å². The molecule has 1 aliphatic rings. The van der Waals surface area contributed by atoms with Gasteiger partial charge in [0, 0.05) is 30.5 Å². The highest BCUT2D eigenvalue weighted by Crippen LogP contribution is 2.23. The van der Waals surface area contributed by atoms with E-state index >= 15 is 0 Å². The first-order valence-corrected chi connectivity index (χ1v) is 5.43. The monoisotopic (exact) mass is 209 g/mol. The van der Waals surface area contributed by atoms with E-state index in [1.54, 1.807) is 6.20 Å². The van der Waals surface area contributed by atoms with Gasteiger partial charge in [-0.3, -0.25) is 10.00 Å². The zero-order valence-electron chi connectivity index (χ0n) is 9.66. The number of aromatic amines is 1. The lowest BCUT2D eigenvalue weighted by molar-refractivity contribution is -0.0953. The van der Waals surface area contributed by atoms with Gasteiger partial charge in [0.25, 0.3) is 0 Å². The maximum atomic E-state index is 5.68. The Morgan fingerprint density at radius 1 is 1.67 bits per heavy atom. The lowest BCUT2D eigenvalue weighted by Crippen LogP contribution is -2.54. The van der Waals surface area contributed by atoms with Crippen LogP contribution in [0.5, 0.6) is 0 Å². The second-order valence-corrected chi connectivity index (χ2v) is 4.90. The van der Waals surface area contributed by atoms with Crippen LogP contribution in [0.15, 0.2) is 12.3 Å². The molecule has 0 bridgehead atoms. The van der Waals surface area contributed by atoms with Gasteiger partial charge in [-0.25, -0.2) is 0 Å². The molecule has 4 nitrogen and oxygen atoms in total. The standard InChI is InChI=1S/C11H19N3O/c1-9-6-14(11(2,3)8-15-9)7-10-4-5-12-13-10/h4-5,9H,6-8H2,1-3H3,(H,12,13)/t9-/m1/s1. The van der Waals surface area contributed by atoms with Crippen LogP contribution >= 0.6 is 0 Å². The first-order valence-electron chi connectivity index (χ1n) is 5.43. The molecule has 1 fully saturated rings. The molecular weight excluding hydrogens is 190 g/mol. The highest BCUT2D eigenvalue weighted by Gasteiger charge is 2.33. The Morgan fingerprint density at radius 2 is 2.47 bits per heavy atom. The molecule has 84 valence electrons. The zero-order chi connectivity index (χ0) is 10.9. The van der Waals surface area contributed by atoms with Gasteiger partial charge in [-0.15, -0.1) is 0 Å². The Morgan fingerprint density at radius 3 is 3.13 bits per heavy atom. The fourth-order valence-electron chi connectivity index (χ4n) is 1.90. The van der Waals surface area contributed by atoms with Gasteiger partial charge in [0.15, 0.2) is 0 Å². The number of morpholine rings is 1. The van der Waals surface area contributed by atoms with Crippen molar-refractivity contribution in [3.63, 3.8) is 0 Å². The minimum Gasteiger partial charge on any atom is -0.375 e. The second-order valence-electron chi connectivity index (χ2n) is 4.90. The highest BCUT2D eigenvalue weighted by atomic mass is 16.5. The van der Waals surface area contributed by atoms with Gasteiger partial charge in [0.05, 0.1) is 12.7 Å². The van der Waals surface area contributed by atoms with E-state index in [1.165, 1.54) is 0 Å². The first kappa shape index (κ1) is 10.6. The second kappa shape index (κ2) is 3.94. The topological polar surface area (TPSA) is 41.2 Å². The first-order chi connectivity index (χ1) is 7.08. The van der Waals surface area contributed by atoms with Crippen molar-refractivity contribution in [2.45, 2.75) is 39.0 Å². The maximum Gasteiger partial charge on any atom is 0.0675 e. The van der Waals surface area contributed by atoms with Crippen molar-refractivity contribution >= 4 is 0 Å². The molecule has 1 aromatic rings. The van der Waals surface area contributed by atoms with Gasteiger partial charge in [0.1, 0.15) is 0 Å². The molecule has 0 unspecified atom stereocenters. The van der Waals surface area contributed by atoms with Crippen molar-refractivity contribution in [1.29, 1.82) is 0 Å². The number of nitrogens with zero attached hydrogens (tertiary/aromatic N) is 2. The van der Waals surface area contributed by atoms with Crippen LogP contribution in [-0.2, 0) is 11.3 Å². The molecule has 1 saturated heterocycles. The van der Waals surface area contributed by atoms with Crippen molar-refractivity contribution in [2.75, 3.05) is 13.2 Å². The van der Waals surface area contributed by atoms with Crippen molar-refractivity contribution in [1.82, 2.24) is 15.1 Å². The Bertz CT molecular complexity index is 308. The lowest BCUT2D eigenvalue weighted by Gasteiger charge is -2.44. The van der Waals surface area contributed by atoms with E-state index in [0.717, 1.165) is 25.4 Å². The van der Waals surface area contributed by atoms with Gasteiger partial charge in [-0.05, 0) is 26.8 Å². The van der Waals surface area contributed by atoms with Crippen LogP contribution in [0, 0.1) is 0 Å². The number of ether oxygens (including phenoxy) is 1. The lowest BCUT2D eigenvalue weighted by atomic mass is 10.0. The summed E-state index contributed by atoms with van der Waals surface area (Å²) in [4.78, 5) is 2.44. The minimum absolute atomic E-state index is 0.109. The van der Waals surface area contributed by atoms with Crippen molar-refractivity contribution in [3.05, 3.63) is 18.0 Å². The quantitative estimate of drug-likeness (QED) is 0.800. The summed E-state index contributed by atoms with van der Waals surface area (Å²) < 4.78 is 5.68. The van der Waals surface area contributed by atoms with Crippen LogP contribution in [0.4, 0.5) is 0 Å². The number of rotatable bonds is 2. The summed E-state index contributed by atoms with van der Waals surface area (Å²) in [5.74, 6) is 0. The Kier molecular flexibility index (Phi) is 2.80. The summed E-state index contributed by atoms with van der Waals surface area (Å²) >= 11 is 0. The average Bonchev–Trinajstić information content (AvgIpc) is 2.65. The summed E-state index contributed by atoms with van der Waals surface area (Å²) in [6.07, 6.45) is 2.12. The maximum absolute atomic E-state index is 5.68. The number of nitrogens with one attached hydrogen (secondary N) is 1. The average molecular weight is 209 g/mol. The van der Waals surface area contributed by atoms with E-state index in [4.69, 9.17) is 4.74 Å². The van der Waals surface area contributed by atoms with Crippen LogP contribution in [0.2, 0.25) is 0 Å². The molecule has 1 atom stereocenters. The molecule has 1 N–H and O–H groups in total. The van der Waals surface area contributed by atoms with Gasteiger partial charge in [0.2, 0.25) is 0 Å². The van der Waals surface area contributed by atoms with Crippen LogP contribution < -0.4 is 0 Å². The number of hydrogen-bond donors (Lipinski definition) is 1. The van der Waals surface area contributed by atoms with Crippen LogP contribution in [0.1, 0.15) is 26.5 Å². The smallest absolute Gasteiger partial charge is 0.0675 e.